The highest BCUT2D eigenvalue weighted by atomic mass is 79.9. The Bertz CT molecular complexity index is 482. The van der Waals surface area contributed by atoms with Gasteiger partial charge in [-0.25, -0.2) is 0 Å². The van der Waals surface area contributed by atoms with Crippen LogP contribution in [0.2, 0.25) is 0 Å². The summed E-state index contributed by atoms with van der Waals surface area (Å²) in [6.45, 7) is 4.07. The molecule has 21 heavy (non-hydrogen) atoms. The number of rotatable bonds is 4. The minimum absolute atomic E-state index is 0.369. The topological polar surface area (TPSA) is 29.3 Å². The number of aryl methyl sites for hydroxylation is 1. The van der Waals surface area contributed by atoms with Crippen molar-refractivity contribution in [1.82, 2.24) is 4.90 Å². The zero-order valence-electron chi connectivity index (χ0n) is 13.0. The summed E-state index contributed by atoms with van der Waals surface area (Å²) in [7, 11) is 0. The maximum Gasteiger partial charge on any atom is 0.0484 e. The van der Waals surface area contributed by atoms with E-state index in [-0.39, 0.29) is 0 Å². The maximum atomic E-state index is 6.19. The van der Waals surface area contributed by atoms with Gasteiger partial charge in [-0.15, -0.1) is 0 Å². The summed E-state index contributed by atoms with van der Waals surface area (Å²) < 4.78 is 1.22. The van der Waals surface area contributed by atoms with Crippen molar-refractivity contribution >= 4 is 15.9 Å². The summed E-state index contributed by atoms with van der Waals surface area (Å²) in [5, 5.41) is 0. The normalized spacial score (nSPS) is 25.6. The first kappa shape index (κ1) is 15.5. The molecular weight excluding hydrogens is 324 g/mol. The molecule has 116 valence electrons. The molecule has 2 aliphatic rings. The van der Waals surface area contributed by atoms with Crippen molar-refractivity contribution in [2.45, 2.75) is 57.5 Å². The van der Waals surface area contributed by atoms with Crippen LogP contribution in [0.5, 0.6) is 0 Å². The van der Waals surface area contributed by atoms with Gasteiger partial charge in [0.15, 0.2) is 0 Å². The van der Waals surface area contributed by atoms with Crippen molar-refractivity contribution in [2.75, 3.05) is 13.1 Å². The monoisotopic (exact) mass is 350 g/mol. The second-order valence-corrected chi connectivity index (χ2v) is 7.62. The van der Waals surface area contributed by atoms with Crippen molar-refractivity contribution in [3.05, 3.63) is 33.8 Å². The zero-order chi connectivity index (χ0) is 14.8. The Kier molecular flexibility index (Phi) is 5.03. The molecule has 2 atom stereocenters. The Hall–Kier alpha value is -0.380. The zero-order valence-corrected chi connectivity index (χ0v) is 14.6. The smallest absolute Gasteiger partial charge is 0.0484 e. The highest BCUT2D eigenvalue weighted by Crippen LogP contribution is 2.40. The van der Waals surface area contributed by atoms with Crippen LogP contribution in [0.1, 0.15) is 55.7 Å². The third-order valence-corrected chi connectivity index (χ3v) is 6.11. The lowest BCUT2D eigenvalue weighted by Crippen LogP contribution is -2.40. The van der Waals surface area contributed by atoms with E-state index in [1.54, 1.807) is 0 Å². The first-order valence-electron chi connectivity index (χ1n) is 8.42. The van der Waals surface area contributed by atoms with Gasteiger partial charge < -0.3 is 5.73 Å². The van der Waals surface area contributed by atoms with Crippen LogP contribution in [0.4, 0.5) is 0 Å². The summed E-state index contributed by atoms with van der Waals surface area (Å²) >= 11 is 3.76. The van der Waals surface area contributed by atoms with E-state index >= 15 is 0 Å². The minimum Gasteiger partial charge on any atom is -0.329 e. The molecule has 1 aliphatic carbocycles. The van der Waals surface area contributed by atoms with Gasteiger partial charge >= 0.3 is 0 Å². The largest absolute Gasteiger partial charge is 0.329 e. The van der Waals surface area contributed by atoms with Crippen LogP contribution in [0, 0.1) is 12.8 Å². The van der Waals surface area contributed by atoms with Crippen LogP contribution in [-0.4, -0.2) is 24.0 Å². The Morgan fingerprint density at radius 3 is 2.67 bits per heavy atom. The van der Waals surface area contributed by atoms with Crippen molar-refractivity contribution < 1.29 is 0 Å². The fourth-order valence-corrected chi connectivity index (χ4v) is 5.15. The lowest BCUT2D eigenvalue weighted by atomic mass is 9.93. The Morgan fingerprint density at radius 1 is 1.24 bits per heavy atom. The Labute approximate surface area is 137 Å². The molecule has 3 heteroatoms. The van der Waals surface area contributed by atoms with E-state index in [1.807, 2.05) is 0 Å². The number of hydrogen-bond acceptors (Lipinski definition) is 2. The highest BCUT2D eigenvalue weighted by Gasteiger charge is 2.37. The first-order chi connectivity index (χ1) is 10.2. The van der Waals surface area contributed by atoms with Gasteiger partial charge in [0.25, 0.3) is 0 Å². The van der Waals surface area contributed by atoms with Gasteiger partial charge in [-0.3, -0.25) is 4.90 Å². The average Bonchev–Trinajstić information content (AvgIpc) is 3.12. The minimum atomic E-state index is 0.369. The van der Waals surface area contributed by atoms with Crippen LogP contribution in [0.15, 0.2) is 22.7 Å². The molecule has 1 aliphatic heterocycles. The summed E-state index contributed by atoms with van der Waals surface area (Å²) in [5.41, 5.74) is 8.86. The van der Waals surface area contributed by atoms with Crippen LogP contribution in [0.25, 0.3) is 0 Å². The maximum absolute atomic E-state index is 6.19. The number of nitrogens with zero attached hydrogens (tertiary/aromatic N) is 1. The van der Waals surface area contributed by atoms with E-state index in [2.05, 4.69) is 46.0 Å². The molecule has 2 unspecified atom stereocenters. The molecule has 0 amide bonds. The molecule has 0 radical (unpaired) electrons. The number of halogens is 1. The van der Waals surface area contributed by atoms with Crippen molar-refractivity contribution in [2.24, 2.45) is 11.7 Å². The van der Waals surface area contributed by atoms with Crippen LogP contribution in [0.3, 0.4) is 0 Å². The fourth-order valence-electron chi connectivity index (χ4n) is 4.39. The molecule has 1 aromatic carbocycles. The van der Waals surface area contributed by atoms with Crippen LogP contribution in [-0.2, 0) is 0 Å². The lowest BCUT2D eigenvalue weighted by Gasteiger charge is -2.36. The third-order valence-electron chi connectivity index (χ3n) is 5.42. The molecule has 1 saturated heterocycles. The van der Waals surface area contributed by atoms with Crippen LogP contribution >= 0.6 is 15.9 Å². The molecule has 3 rings (SSSR count). The first-order valence-corrected chi connectivity index (χ1v) is 9.22. The quantitative estimate of drug-likeness (QED) is 0.871. The number of benzene rings is 1. The predicted molar refractivity (Wildman–Crippen MR) is 92.4 cm³/mol. The standard InChI is InChI=1S/C18H27BrN2/c1-13-8-9-15(16(19)11-13)18(12-20)21-10-4-7-17(21)14-5-2-3-6-14/h8-9,11,14,17-18H,2-7,10,12,20H2,1H3. The molecule has 0 spiro atoms. The predicted octanol–water partition coefficient (Wildman–Crippen LogP) is 4.41. The molecule has 1 aromatic rings. The van der Waals surface area contributed by atoms with Crippen LogP contribution < -0.4 is 5.73 Å². The highest BCUT2D eigenvalue weighted by molar-refractivity contribution is 9.10. The van der Waals surface area contributed by atoms with Gasteiger partial charge in [-0.05, 0) is 62.3 Å². The van der Waals surface area contributed by atoms with E-state index < -0.39 is 0 Å². The van der Waals surface area contributed by atoms with E-state index in [0.29, 0.717) is 12.6 Å². The van der Waals surface area contributed by atoms with E-state index in [0.717, 1.165) is 12.0 Å². The van der Waals surface area contributed by atoms with E-state index in [4.69, 9.17) is 5.73 Å². The number of nitrogens with two attached hydrogens (primary N) is 1. The van der Waals surface area contributed by atoms with Crippen molar-refractivity contribution in [3.63, 3.8) is 0 Å². The molecule has 0 bridgehead atoms. The molecule has 2 N–H and O–H groups in total. The molecular formula is C18H27BrN2. The lowest BCUT2D eigenvalue weighted by molar-refractivity contribution is 0.137. The van der Waals surface area contributed by atoms with Gasteiger partial charge in [0, 0.05) is 23.1 Å². The van der Waals surface area contributed by atoms with Gasteiger partial charge in [0.1, 0.15) is 0 Å². The summed E-state index contributed by atoms with van der Waals surface area (Å²) in [4.78, 5) is 2.71. The van der Waals surface area contributed by atoms with Gasteiger partial charge in [0.05, 0.1) is 0 Å². The average molecular weight is 351 g/mol. The second kappa shape index (κ2) is 6.80. The molecule has 2 fully saturated rings. The summed E-state index contributed by atoms with van der Waals surface area (Å²) in [6.07, 6.45) is 8.40. The third kappa shape index (κ3) is 3.20. The molecule has 2 nitrogen and oxygen atoms in total. The molecule has 0 aromatic heterocycles. The Morgan fingerprint density at radius 2 is 2.00 bits per heavy atom. The number of hydrogen-bond donors (Lipinski definition) is 1. The van der Waals surface area contributed by atoms with Crippen molar-refractivity contribution in [3.8, 4) is 0 Å². The molecule has 1 heterocycles. The van der Waals surface area contributed by atoms with E-state index in [1.165, 1.54) is 60.7 Å². The van der Waals surface area contributed by atoms with Gasteiger partial charge in [-0.2, -0.15) is 0 Å². The van der Waals surface area contributed by atoms with Gasteiger partial charge in [0.2, 0.25) is 0 Å². The van der Waals surface area contributed by atoms with E-state index in [9.17, 15) is 0 Å². The van der Waals surface area contributed by atoms with Gasteiger partial charge in [-0.1, -0.05) is 40.9 Å². The molecule has 1 saturated carbocycles. The number of likely N-dealkylation sites (tertiary alicyclic amines) is 1. The summed E-state index contributed by atoms with van der Waals surface area (Å²) in [6, 6.07) is 7.82. The SMILES string of the molecule is Cc1ccc(C(CN)N2CCCC2C2CCCC2)c(Br)c1. The van der Waals surface area contributed by atoms with Crippen molar-refractivity contribution in [1.29, 1.82) is 0 Å². The summed E-state index contributed by atoms with van der Waals surface area (Å²) in [5.74, 6) is 0.908. The second-order valence-electron chi connectivity index (χ2n) is 6.77. The fraction of sp³-hybridized carbons (Fsp3) is 0.667. The Balaban J connectivity index is 1.84.